The Kier molecular flexibility index (Phi) is 4.34. The lowest BCUT2D eigenvalue weighted by molar-refractivity contribution is 0.152. The Balaban J connectivity index is 1.78. The molecule has 2 atom stereocenters. The van der Waals surface area contributed by atoms with Crippen molar-refractivity contribution in [1.29, 1.82) is 0 Å². The van der Waals surface area contributed by atoms with Crippen LogP contribution in [0.1, 0.15) is 30.3 Å². The molecule has 0 aliphatic heterocycles. The topological polar surface area (TPSA) is 47.3 Å². The summed E-state index contributed by atoms with van der Waals surface area (Å²) in [5.41, 5.74) is 2.22. The number of hydrogen-bond acceptors (Lipinski definition) is 5. The Morgan fingerprint density at radius 2 is 2.33 bits per heavy atom. The molecule has 5 heteroatoms. The number of rotatable bonds is 6. The number of nitrogens with one attached hydrogen (secondary N) is 1. The van der Waals surface area contributed by atoms with Crippen LogP contribution in [-0.2, 0) is 4.74 Å². The van der Waals surface area contributed by atoms with Gasteiger partial charge in [0.1, 0.15) is 5.76 Å². The fraction of sp³-hybridized carbons (Fsp3) is 0.312. The highest BCUT2D eigenvalue weighted by molar-refractivity contribution is 7.17. The van der Waals surface area contributed by atoms with E-state index < -0.39 is 0 Å². The summed E-state index contributed by atoms with van der Waals surface area (Å²) in [4.78, 5) is 4.49. The van der Waals surface area contributed by atoms with E-state index >= 15 is 0 Å². The van der Waals surface area contributed by atoms with Crippen LogP contribution in [0, 0.1) is 0 Å². The number of nitrogens with zero attached hydrogens (tertiary/aromatic N) is 1. The summed E-state index contributed by atoms with van der Waals surface area (Å²) in [7, 11) is 1.70. The molecular weight excluding hydrogens is 284 g/mol. The maximum atomic E-state index is 5.49. The van der Waals surface area contributed by atoms with Crippen LogP contribution in [0.25, 0.3) is 10.2 Å². The molecule has 0 saturated carbocycles. The SMILES string of the molecule is COC[C@H](N[C@H](C)c1cnc2ccsc2c1)c1ccco1. The molecule has 21 heavy (non-hydrogen) atoms. The number of aromatic nitrogens is 1. The summed E-state index contributed by atoms with van der Waals surface area (Å²) < 4.78 is 12.0. The van der Waals surface area contributed by atoms with Crippen molar-refractivity contribution >= 4 is 21.6 Å². The minimum atomic E-state index is 0.0269. The molecule has 3 heterocycles. The lowest BCUT2D eigenvalue weighted by Crippen LogP contribution is -2.27. The molecule has 1 N–H and O–H groups in total. The van der Waals surface area contributed by atoms with Crippen molar-refractivity contribution in [3.63, 3.8) is 0 Å². The van der Waals surface area contributed by atoms with Crippen LogP contribution in [0.4, 0.5) is 0 Å². The zero-order valence-corrected chi connectivity index (χ0v) is 12.9. The summed E-state index contributed by atoms with van der Waals surface area (Å²) >= 11 is 1.71. The van der Waals surface area contributed by atoms with E-state index in [1.165, 1.54) is 4.70 Å². The van der Waals surface area contributed by atoms with E-state index in [0.717, 1.165) is 16.8 Å². The Hall–Kier alpha value is -1.69. The van der Waals surface area contributed by atoms with Crippen LogP contribution in [-0.4, -0.2) is 18.7 Å². The van der Waals surface area contributed by atoms with E-state index in [1.54, 1.807) is 24.7 Å². The van der Waals surface area contributed by atoms with Gasteiger partial charge in [0.25, 0.3) is 0 Å². The normalized spacial score (nSPS) is 14.4. The second-order valence-corrected chi connectivity index (χ2v) is 5.93. The first-order valence-electron chi connectivity index (χ1n) is 6.89. The fourth-order valence-corrected chi connectivity index (χ4v) is 3.15. The summed E-state index contributed by atoms with van der Waals surface area (Å²) in [6.07, 6.45) is 3.61. The average molecular weight is 302 g/mol. The third-order valence-corrected chi connectivity index (χ3v) is 4.35. The lowest BCUT2D eigenvalue weighted by Gasteiger charge is -2.21. The summed E-state index contributed by atoms with van der Waals surface area (Å²) in [6, 6.07) is 8.27. The van der Waals surface area contributed by atoms with Gasteiger partial charge in [-0.25, -0.2) is 0 Å². The van der Waals surface area contributed by atoms with Crippen LogP contribution in [0.5, 0.6) is 0 Å². The predicted molar refractivity (Wildman–Crippen MR) is 84.5 cm³/mol. The minimum absolute atomic E-state index is 0.0269. The zero-order valence-electron chi connectivity index (χ0n) is 12.1. The quantitative estimate of drug-likeness (QED) is 0.749. The Morgan fingerprint density at radius 1 is 1.43 bits per heavy atom. The molecule has 110 valence electrons. The molecular formula is C16H18N2O2S. The molecule has 0 radical (unpaired) electrons. The molecule has 3 aromatic rings. The largest absolute Gasteiger partial charge is 0.468 e. The van der Waals surface area contributed by atoms with Crippen LogP contribution >= 0.6 is 11.3 Å². The number of methoxy groups -OCH3 is 1. The van der Waals surface area contributed by atoms with Crippen molar-refractivity contribution in [2.45, 2.75) is 19.0 Å². The summed E-state index contributed by atoms with van der Waals surface area (Å²) in [6.45, 7) is 2.69. The molecule has 4 nitrogen and oxygen atoms in total. The zero-order chi connectivity index (χ0) is 14.7. The number of thiophene rings is 1. The maximum absolute atomic E-state index is 5.49. The first kappa shape index (κ1) is 14.3. The molecule has 0 bridgehead atoms. The second-order valence-electron chi connectivity index (χ2n) is 4.98. The van der Waals surface area contributed by atoms with Crippen LogP contribution in [0.15, 0.2) is 46.5 Å². The number of pyridine rings is 1. The molecule has 0 fully saturated rings. The highest BCUT2D eigenvalue weighted by Crippen LogP contribution is 2.25. The molecule has 3 aromatic heterocycles. The molecule has 3 rings (SSSR count). The first-order chi connectivity index (χ1) is 10.3. The van der Waals surface area contributed by atoms with Gasteiger partial charge >= 0.3 is 0 Å². The highest BCUT2D eigenvalue weighted by Gasteiger charge is 2.18. The Labute approximate surface area is 127 Å². The number of hydrogen-bond donors (Lipinski definition) is 1. The van der Waals surface area contributed by atoms with Gasteiger partial charge in [0, 0.05) is 19.3 Å². The third kappa shape index (κ3) is 3.15. The Morgan fingerprint density at radius 3 is 3.10 bits per heavy atom. The molecule has 0 aliphatic rings. The molecule has 0 aliphatic carbocycles. The van der Waals surface area contributed by atoms with Crippen molar-refractivity contribution in [1.82, 2.24) is 10.3 Å². The van der Waals surface area contributed by atoms with Gasteiger partial charge in [-0.1, -0.05) is 0 Å². The highest BCUT2D eigenvalue weighted by atomic mass is 32.1. The van der Waals surface area contributed by atoms with Gasteiger partial charge in [0.15, 0.2) is 0 Å². The van der Waals surface area contributed by atoms with Gasteiger partial charge in [-0.3, -0.25) is 10.3 Å². The predicted octanol–water partition coefficient (Wildman–Crippen LogP) is 3.93. The van der Waals surface area contributed by atoms with Crippen molar-refractivity contribution < 1.29 is 9.15 Å². The average Bonchev–Trinajstić information content (AvgIpc) is 3.17. The van der Waals surface area contributed by atoms with E-state index in [0.29, 0.717) is 6.61 Å². The standard InChI is InChI=1S/C16H18N2O2S/c1-11(12-8-16-13(17-9-12)5-7-21-16)18-14(10-19-2)15-4-3-6-20-15/h3-9,11,14,18H,10H2,1-2H3/t11-,14+/m1/s1. The smallest absolute Gasteiger partial charge is 0.123 e. The molecule has 0 spiro atoms. The molecule has 0 aromatic carbocycles. The van der Waals surface area contributed by atoms with Crippen LogP contribution < -0.4 is 5.32 Å². The number of ether oxygens (including phenoxy) is 1. The van der Waals surface area contributed by atoms with Crippen molar-refractivity contribution in [2.75, 3.05) is 13.7 Å². The lowest BCUT2D eigenvalue weighted by atomic mass is 10.1. The van der Waals surface area contributed by atoms with E-state index in [-0.39, 0.29) is 12.1 Å². The number of furan rings is 1. The summed E-state index contributed by atoms with van der Waals surface area (Å²) in [5, 5.41) is 5.60. The van der Waals surface area contributed by atoms with Gasteiger partial charge in [-0.15, -0.1) is 11.3 Å². The first-order valence-corrected chi connectivity index (χ1v) is 7.77. The molecule has 0 saturated heterocycles. The van der Waals surface area contributed by atoms with Gasteiger partial charge in [-0.05, 0) is 42.1 Å². The maximum Gasteiger partial charge on any atom is 0.123 e. The second kappa shape index (κ2) is 6.39. The van der Waals surface area contributed by atoms with Gasteiger partial charge in [0.2, 0.25) is 0 Å². The van der Waals surface area contributed by atoms with Gasteiger partial charge < -0.3 is 9.15 Å². The van der Waals surface area contributed by atoms with Crippen molar-refractivity contribution in [2.24, 2.45) is 0 Å². The summed E-state index contributed by atoms with van der Waals surface area (Å²) in [5.74, 6) is 0.883. The molecule has 0 unspecified atom stereocenters. The third-order valence-electron chi connectivity index (χ3n) is 3.49. The molecule has 0 amide bonds. The van der Waals surface area contributed by atoms with E-state index in [1.807, 2.05) is 24.4 Å². The van der Waals surface area contributed by atoms with E-state index in [2.05, 4.69) is 28.7 Å². The minimum Gasteiger partial charge on any atom is -0.468 e. The van der Waals surface area contributed by atoms with E-state index in [4.69, 9.17) is 9.15 Å². The van der Waals surface area contributed by atoms with Crippen LogP contribution in [0.2, 0.25) is 0 Å². The monoisotopic (exact) mass is 302 g/mol. The Bertz CT molecular complexity index is 693. The van der Waals surface area contributed by atoms with Crippen molar-refractivity contribution in [3.05, 3.63) is 53.4 Å². The number of fused-ring (bicyclic) bond motifs is 1. The fourth-order valence-electron chi connectivity index (χ4n) is 2.37. The van der Waals surface area contributed by atoms with Crippen LogP contribution in [0.3, 0.4) is 0 Å². The van der Waals surface area contributed by atoms with E-state index in [9.17, 15) is 0 Å². The van der Waals surface area contributed by atoms with Gasteiger partial charge in [-0.2, -0.15) is 0 Å². The van der Waals surface area contributed by atoms with Crippen molar-refractivity contribution in [3.8, 4) is 0 Å². The van der Waals surface area contributed by atoms with Gasteiger partial charge in [0.05, 0.1) is 29.1 Å².